The number of hydrogen-bond donors (Lipinski definition) is 0. The zero-order valence-corrected chi connectivity index (χ0v) is 10.2. The summed E-state index contributed by atoms with van der Waals surface area (Å²) in [5.41, 5.74) is 1.95. The highest BCUT2D eigenvalue weighted by molar-refractivity contribution is 9.10. The van der Waals surface area contributed by atoms with Crippen molar-refractivity contribution in [1.29, 1.82) is 0 Å². The molecule has 0 radical (unpaired) electrons. The highest BCUT2D eigenvalue weighted by Crippen LogP contribution is 2.18. The largest absolute Gasteiger partial charge is 0.463 e. The van der Waals surface area contributed by atoms with Gasteiger partial charge in [-0.15, -0.1) is 0 Å². The molecule has 3 nitrogen and oxygen atoms in total. The van der Waals surface area contributed by atoms with Gasteiger partial charge in [-0.25, -0.2) is 4.79 Å². The van der Waals surface area contributed by atoms with Crippen LogP contribution in [0.1, 0.15) is 18.1 Å². The molecule has 0 spiro atoms. The van der Waals surface area contributed by atoms with E-state index in [2.05, 4.69) is 20.9 Å². The van der Waals surface area contributed by atoms with Gasteiger partial charge in [-0.2, -0.15) is 0 Å². The van der Waals surface area contributed by atoms with Crippen molar-refractivity contribution in [2.45, 2.75) is 13.8 Å². The van der Waals surface area contributed by atoms with Crippen molar-refractivity contribution in [3.8, 4) is 0 Å². The highest BCUT2D eigenvalue weighted by atomic mass is 79.9. The third kappa shape index (κ3) is 3.47. The van der Waals surface area contributed by atoms with Crippen LogP contribution in [0.4, 0.5) is 0 Å². The van der Waals surface area contributed by atoms with Crippen LogP contribution in [-0.2, 0) is 9.53 Å². The first-order valence-electron chi connectivity index (χ1n) is 4.60. The van der Waals surface area contributed by atoms with Crippen molar-refractivity contribution < 1.29 is 9.53 Å². The monoisotopic (exact) mass is 269 g/mol. The van der Waals surface area contributed by atoms with Gasteiger partial charge in [-0.3, -0.25) is 4.98 Å². The number of pyridine rings is 1. The summed E-state index contributed by atoms with van der Waals surface area (Å²) >= 11 is 3.37. The van der Waals surface area contributed by atoms with Crippen molar-refractivity contribution in [2.24, 2.45) is 0 Å². The molecule has 0 aliphatic rings. The average molecular weight is 270 g/mol. The minimum Gasteiger partial charge on any atom is -0.463 e. The lowest BCUT2D eigenvalue weighted by Crippen LogP contribution is -1.98. The Bertz CT molecular complexity index is 388. The molecule has 0 aliphatic heterocycles. The molecule has 1 rings (SSSR count). The van der Waals surface area contributed by atoms with E-state index < -0.39 is 0 Å². The Labute approximate surface area is 97.3 Å². The maximum atomic E-state index is 11.1. The molecule has 0 atom stereocenters. The van der Waals surface area contributed by atoms with Gasteiger partial charge < -0.3 is 4.74 Å². The second kappa shape index (κ2) is 5.66. The predicted octanol–water partition coefficient (Wildman–Crippen LogP) is 2.73. The number of carbonyl (C=O) groups is 1. The summed E-state index contributed by atoms with van der Waals surface area (Å²) in [6, 6.07) is 0. The molecule has 80 valence electrons. The van der Waals surface area contributed by atoms with Crippen LogP contribution in [0.3, 0.4) is 0 Å². The molecule has 0 saturated carbocycles. The van der Waals surface area contributed by atoms with Crippen LogP contribution in [0, 0.1) is 6.92 Å². The van der Waals surface area contributed by atoms with E-state index in [-0.39, 0.29) is 5.97 Å². The summed E-state index contributed by atoms with van der Waals surface area (Å²) in [7, 11) is 0. The van der Waals surface area contributed by atoms with Gasteiger partial charge in [0.05, 0.1) is 6.61 Å². The van der Waals surface area contributed by atoms with Crippen LogP contribution in [0.15, 0.2) is 22.9 Å². The maximum Gasteiger partial charge on any atom is 0.330 e. The Hall–Kier alpha value is -1.16. The zero-order valence-electron chi connectivity index (χ0n) is 8.66. The van der Waals surface area contributed by atoms with E-state index in [1.54, 1.807) is 25.4 Å². The molecular formula is C11H12BrNO2. The second-order valence-corrected chi connectivity index (χ2v) is 3.78. The third-order valence-electron chi connectivity index (χ3n) is 1.88. The molecule has 4 heteroatoms. The zero-order chi connectivity index (χ0) is 11.3. The number of carbonyl (C=O) groups excluding carboxylic acids is 1. The molecule has 1 heterocycles. The molecule has 0 aromatic carbocycles. The molecule has 0 N–H and O–H groups in total. The summed E-state index contributed by atoms with van der Waals surface area (Å²) in [6.45, 7) is 4.12. The Morgan fingerprint density at radius 2 is 2.33 bits per heavy atom. The van der Waals surface area contributed by atoms with Crippen molar-refractivity contribution in [1.82, 2.24) is 4.98 Å². The van der Waals surface area contributed by atoms with E-state index in [9.17, 15) is 4.79 Å². The molecule has 0 aliphatic carbocycles. The highest BCUT2D eigenvalue weighted by Gasteiger charge is 2.00. The SMILES string of the molecule is CCOC(=O)/C=C/c1cncc(Br)c1C. The lowest BCUT2D eigenvalue weighted by molar-refractivity contribution is -0.137. The van der Waals surface area contributed by atoms with Gasteiger partial charge in [-0.1, -0.05) is 0 Å². The minimum absolute atomic E-state index is 0.336. The van der Waals surface area contributed by atoms with E-state index in [0.717, 1.165) is 15.6 Å². The molecule has 0 saturated heterocycles. The number of aromatic nitrogens is 1. The van der Waals surface area contributed by atoms with Crippen molar-refractivity contribution in [3.05, 3.63) is 34.1 Å². The molecular weight excluding hydrogens is 258 g/mol. The predicted molar refractivity (Wildman–Crippen MR) is 62.3 cm³/mol. The van der Waals surface area contributed by atoms with Gasteiger partial charge in [0, 0.05) is 22.9 Å². The smallest absolute Gasteiger partial charge is 0.330 e. The molecule has 0 bridgehead atoms. The number of halogens is 1. The quantitative estimate of drug-likeness (QED) is 0.626. The van der Waals surface area contributed by atoms with E-state index in [1.807, 2.05) is 6.92 Å². The average Bonchev–Trinajstić information content (AvgIpc) is 2.21. The number of esters is 1. The van der Waals surface area contributed by atoms with Crippen molar-refractivity contribution in [2.75, 3.05) is 6.61 Å². The molecule has 0 amide bonds. The summed E-state index contributed by atoms with van der Waals surface area (Å²) in [4.78, 5) is 15.1. The third-order valence-corrected chi connectivity index (χ3v) is 2.68. The summed E-state index contributed by atoms with van der Waals surface area (Å²) in [5.74, 6) is -0.336. The second-order valence-electron chi connectivity index (χ2n) is 2.92. The van der Waals surface area contributed by atoms with E-state index in [4.69, 9.17) is 4.74 Å². The van der Waals surface area contributed by atoms with Crippen LogP contribution in [0.2, 0.25) is 0 Å². The van der Waals surface area contributed by atoms with Crippen LogP contribution in [-0.4, -0.2) is 17.6 Å². The summed E-state index contributed by atoms with van der Waals surface area (Å²) < 4.78 is 5.70. The van der Waals surface area contributed by atoms with E-state index in [0.29, 0.717) is 6.61 Å². The van der Waals surface area contributed by atoms with Crippen molar-refractivity contribution in [3.63, 3.8) is 0 Å². The van der Waals surface area contributed by atoms with Crippen LogP contribution in [0.5, 0.6) is 0 Å². The standard InChI is InChI=1S/C11H12BrNO2/c1-3-15-11(14)5-4-9-6-13-7-10(12)8(9)2/h4-7H,3H2,1-2H3/b5-4+. The molecule has 1 aromatic rings. The maximum absolute atomic E-state index is 11.1. The number of rotatable bonds is 3. The molecule has 15 heavy (non-hydrogen) atoms. The lowest BCUT2D eigenvalue weighted by atomic mass is 10.1. The van der Waals surface area contributed by atoms with E-state index >= 15 is 0 Å². The fourth-order valence-electron chi connectivity index (χ4n) is 1.03. The van der Waals surface area contributed by atoms with Gasteiger partial charge >= 0.3 is 5.97 Å². The number of nitrogens with zero attached hydrogens (tertiary/aromatic N) is 1. The lowest BCUT2D eigenvalue weighted by Gasteiger charge is -2.01. The van der Waals surface area contributed by atoms with Gasteiger partial charge in [0.1, 0.15) is 0 Å². The van der Waals surface area contributed by atoms with Gasteiger partial charge in [0.2, 0.25) is 0 Å². The van der Waals surface area contributed by atoms with Gasteiger partial charge in [-0.05, 0) is 47.0 Å². The molecule has 1 aromatic heterocycles. The van der Waals surface area contributed by atoms with Crippen LogP contribution >= 0.6 is 15.9 Å². The van der Waals surface area contributed by atoms with Gasteiger partial charge in [0.15, 0.2) is 0 Å². The van der Waals surface area contributed by atoms with Crippen LogP contribution in [0.25, 0.3) is 6.08 Å². The summed E-state index contributed by atoms with van der Waals surface area (Å²) in [5, 5.41) is 0. The summed E-state index contributed by atoms with van der Waals surface area (Å²) in [6.07, 6.45) is 6.53. The van der Waals surface area contributed by atoms with Crippen LogP contribution < -0.4 is 0 Å². The van der Waals surface area contributed by atoms with Crippen molar-refractivity contribution >= 4 is 28.0 Å². The first-order valence-corrected chi connectivity index (χ1v) is 5.39. The fourth-order valence-corrected chi connectivity index (χ4v) is 1.38. The fraction of sp³-hybridized carbons (Fsp3) is 0.273. The first kappa shape index (κ1) is 11.9. The molecule has 0 unspecified atom stereocenters. The minimum atomic E-state index is -0.336. The normalized spacial score (nSPS) is 10.6. The first-order chi connectivity index (χ1) is 7.15. The Kier molecular flexibility index (Phi) is 4.49. The van der Waals surface area contributed by atoms with E-state index in [1.165, 1.54) is 6.08 Å². The Morgan fingerprint density at radius 3 is 3.00 bits per heavy atom. The number of hydrogen-bond acceptors (Lipinski definition) is 3. The Balaban J connectivity index is 2.81. The topological polar surface area (TPSA) is 39.2 Å². The number of ether oxygens (including phenoxy) is 1. The Morgan fingerprint density at radius 1 is 1.60 bits per heavy atom. The van der Waals surface area contributed by atoms with Gasteiger partial charge in [0.25, 0.3) is 0 Å². The molecule has 0 fully saturated rings.